The molecule has 0 saturated heterocycles. The Bertz CT molecular complexity index is 719. The predicted octanol–water partition coefficient (Wildman–Crippen LogP) is 4.85. The minimum Gasteiger partial charge on any atom is -0.359 e. The normalized spacial score (nSPS) is 11.4. The fourth-order valence-electron chi connectivity index (χ4n) is 2.54. The van der Waals surface area contributed by atoms with E-state index in [1.165, 1.54) is 6.07 Å². The van der Waals surface area contributed by atoms with Gasteiger partial charge in [-0.25, -0.2) is 4.39 Å². The van der Waals surface area contributed by atoms with Crippen molar-refractivity contribution in [1.29, 1.82) is 0 Å². The summed E-state index contributed by atoms with van der Waals surface area (Å²) in [6.07, 6.45) is 2.08. The molecule has 1 aromatic carbocycles. The summed E-state index contributed by atoms with van der Waals surface area (Å²) in [5.74, 6) is 1.38. The van der Waals surface area contributed by atoms with Crippen molar-refractivity contribution < 1.29 is 8.91 Å². The van der Waals surface area contributed by atoms with E-state index in [0.717, 1.165) is 29.9 Å². The summed E-state index contributed by atoms with van der Waals surface area (Å²) in [5.41, 5.74) is 1.86. The SMILES string of the molecule is CCC(CC)c1cc(CNC(=NC)NCc2ccc(F)c(Cl)c2)on1.I. The fraction of sp³-hybridized carbons (Fsp3) is 0.444. The zero-order valence-corrected chi connectivity index (χ0v) is 18.3. The summed E-state index contributed by atoms with van der Waals surface area (Å²) < 4.78 is 18.6. The Morgan fingerprint density at radius 3 is 2.54 bits per heavy atom. The summed E-state index contributed by atoms with van der Waals surface area (Å²) >= 11 is 5.79. The molecule has 0 bridgehead atoms. The maximum absolute atomic E-state index is 13.2. The van der Waals surface area contributed by atoms with Gasteiger partial charge in [0.05, 0.1) is 17.3 Å². The van der Waals surface area contributed by atoms with Crippen molar-refractivity contribution in [3.63, 3.8) is 0 Å². The van der Waals surface area contributed by atoms with Crippen molar-refractivity contribution in [3.8, 4) is 0 Å². The van der Waals surface area contributed by atoms with E-state index in [4.69, 9.17) is 16.1 Å². The molecular formula is C18H25ClFIN4O. The number of halogens is 3. The lowest BCUT2D eigenvalue weighted by Gasteiger charge is -2.11. The lowest BCUT2D eigenvalue weighted by atomic mass is 9.99. The van der Waals surface area contributed by atoms with E-state index in [1.807, 2.05) is 6.07 Å². The number of hydrogen-bond acceptors (Lipinski definition) is 3. The summed E-state index contributed by atoms with van der Waals surface area (Å²) in [4.78, 5) is 4.16. The molecule has 8 heteroatoms. The molecule has 0 aliphatic heterocycles. The lowest BCUT2D eigenvalue weighted by Crippen LogP contribution is -2.36. The third-order valence-corrected chi connectivity index (χ3v) is 4.37. The second-order valence-corrected chi connectivity index (χ2v) is 6.17. The van der Waals surface area contributed by atoms with Crippen LogP contribution in [0.5, 0.6) is 0 Å². The van der Waals surface area contributed by atoms with Gasteiger partial charge < -0.3 is 15.2 Å². The fourth-order valence-corrected chi connectivity index (χ4v) is 2.74. The number of hydrogen-bond donors (Lipinski definition) is 2. The maximum atomic E-state index is 13.2. The monoisotopic (exact) mass is 494 g/mol. The Balaban J connectivity index is 0.00000338. The number of nitrogens with one attached hydrogen (secondary N) is 2. The molecule has 2 N–H and O–H groups in total. The van der Waals surface area contributed by atoms with Crippen LogP contribution in [0, 0.1) is 5.82 Å². The second-order valence-electron chi connectivity index (χ2n) is 5.76. The Labute approximate surface area is 175 Å². The van der Waals surface area contributed by atoms with Gasteiger partial charge in [0.1, 0.15) is 5.82 Å². The molecular weight excluding hydrogens is 470 g/mol. The van der Waals surface area contributed by atoms with Gasteiger partial charge in [0.15, 0.2) is 11.7 Å². The Morgan fingerprint density at radius 2 is 1.92 bits per heavy atom. The van der Waals surface area contributed by atoms with Crippen LogP contribution in [0.2, 0.25) is 5.02 Å². The molecule has 0 aliphatic rings. The molecule has 0 radical (unpaired) electrons. The van der Waals surface area contributed by atoms with Crippen molar-refractivity contribution in [3.05, 3.63) is 52.1 Å². The van der Waals surface area contributed by atoms with Crippen molar-refractivity contribution in [2.45, 2.75) is 45.7 Å². The molecule has 0 amide bonds. The molecule has 0 spiro atoms. The molecule has 0 unspecified atom stereocenters. The van der Waals surface area contributed by atoms with Crippen LogP contribution in [0.1, 0.15) is 49.6 Å². The van der Waals surface area contributed by atoms with Gasteiger partial charge in [0.25, 0.3) is 0 Å². The van der Waals surface area contributed by atoms with Gasteiger partial charge in [0, 0.05) is 25.6 Å². The molecule has 5 nitrogen and oxygen atoms in total. The van der Waals surface area contributed by atoms with Crippen LogP contribution in [0.3, 0.4) is 0 Å². The van der Waals surface area contributed by atoms with E-state index in [9.17, 15) is 4.39 Å². The van der Waals surface area contributed by atoms with Crippen LogP contribution in [-0.2, 0) is 13.1 Å². The van der Waals surface area contributed by atoms with Crippen molar-refractivity contribution in [2.24, 2.45) is 4.99 Å². The summed E-state index contributed by atoms with van der Waals surface area (Å²) in [7, 11) is 1.68. The van der Waals surface area contributed by atoms with Crippen LogP contribution in [0.4, 0.5) is 4.39 Å². The van der Waals surface area contributed by atoms with Gasteiger partial charge in [0.2, 0.25) is 0 Å². The first-order chi connectivity index (χ1) is 12.1. The quantitative estimate of drug-likeness (QED) is 0.328. The highest BCUT2D eigenvalue weighted by Crippen LogP contribution is 2.22. The minimum absolute atomic E-state index is 0. The first kappa shape index (κ1) is 22.7. The van der Waals surface area contributed by atoms with Crippen LogP contribution >= 0.6 is 35.6 Å². The largest absolute Gasteiger partial charge is 0.359 e. The molecule has 26 heavy (non-hydrogen) atoms. The van der Waals surface area contributed by atoms with Crippen molar-refractivity contribution in [2.75, 3.05) is 7.05 Å². The van der Waals surface area contributed by atoms with E-state index in [1.54, 1.807) is 19.2 Å². The van der Waals surface area contributed by atoms with Gasteiger partial charge in [-0.15, -0.1) is 24.0 Å². The van der Waals surface area contributed by atoms with Gasteiger partial charge in [-0.05, 0) is 30.5 Å². The Kier molecular flexibility index (Phi) is 9.93. The maximum Gasteiger partial charge on any atom is 0.191 e. The predicted molar refractivity (Wildman–Crippen MR) is 114 cm³/mol. The van der Waals surface area contributed by atoms with Gasteiger partial charge in [-0.1, -0.05) is 36.7 Å². The topological polar surface area (TPSA) is 62.5 Å². The molecule has 0 aliphatic carbocycles. The molecule has 144 valence electrons. The standard InChI is InChI=1S/C18H24ClFN4O.HI/c1-4-13(5-2)17-9-14(25-24-17)11-23-18(21-3)22-10-12-6-7-16(20)15(19)8-12;/h6-9,13H,4-5,10-11H2,1-3H3,(H2,21,22,23);1H. The van der Waals surface area contributed by atoms with Crippen LogP contribution < -0.4 is 10.6 Å². The molecule has 1 heterocycles. The highest BCUT2D eigenvalue weighted by atomic mass is 127. The number of aliphatic imine (C=N–C) groups is 1. The molecule has 0 saturated carbocycles. The van der Waals surface area contributed by atoms with Crippen molar-refractivity contribution >= 4 is 41.5 Å². The average molecular weight is 495 g/mol. The van der Waals surface area contributed by atoms with E-state index in [-0.39, 0.29) is 29.0 Å². The van der Waals surface area contributed by atoms with Crippen LogP contribution in [-0.4, -0.2) is 18.2 Å². The molecule has 1 aromatic heterocycles. The third-order valence-electron chi connectivity index (χ3n) is 4.08. The number of guanidine groups is 1. The zero-order chi connectivity index (χ0) is 18.2. The molecule has 2 aromatic rings. The van der Waals surface area contributed by atoms with Gasteiger partial charge in [-0.2, -0.15) is 0 Å². The summed E-state index contributed by atoms with van der Waals surface area (Å²) in [6, 6.07) is 6.61. The molecule has 2 rings (SSSR count). The van der Waals surface area contributed by atoms with Crippen LogP contribution in [0.15, 0.2) is 33.8 Å². The van der Waals surface area contributed by atoms with E-state index < -0.39 is 5.82 Å². The molecule has 0 fully saturated rings. The minimum atomic E-state index is -0.425. The van der Waals surface area contributed by atoms with Gasteiger partial charge >= 0.3 is 0 Å². The van der Waals surface area contributed by atoms with E-state index in [0.29, 0.717) is 25.0 Å². The number of benzene rings is 1. The highest BCUT2D eigenvalue weighted by Gasteiger charge is 2.13. The Hall–Kier alpha value is -1.35. The first-order valence-electron chi connectivity index (χ1n) is 8.41. The summed E-state index contributed by atoms with van der Waals surface area (Å²) in [5, 5.41) is 10.6. The smallest absolute Gasteiger partial charge is 0.191 e. The highest BCUT2D eigenvalue weighted by molar-refractivity contribution is 14.0. The van der Waals surface area contributed by atoms with Crippen molar-refractivity contribution in [1.82, 2.24) is 15.8 Å². The number of nitrogens with zero attached hydrogens (tertiary/aromatic N) is 2. The number of aromatic nitrogens is 1. The summed E-state index contributed by atoms with van der Waals surface area (Å²) in [6.45, 7) is 5.26. The Morgan fingerprint density at radius 1 is 1.23 bits per heavy atom. The van der Waals surface area contributed by atoms with Gasteiger partial charge in [-0.3, -0.25) is 4.99 Å². The van der Waals surface area contributed by atoms with E-state index in [2.05, 4.69) is 34.6 Å². The average Bonchev–Trinajstić information content (AvgIpc) is 3.08. The first-order valence-corrected chi connectivity index (χ1v) is 8.79. The van der Waals surface area contributed by atoms with Crippen LogP contribution in [0.25, 0.3) is 0 Å². The number of rotatable bonds is 7. The zero-order valence-electron chi connectivity index (χ0n) is 15.2. The van der Waals surface area contributed by atoms with E-state index >= 15 is 0 Å². The third kappa shape index (κ3) is 6.42. The molecule has 0 atom stereocenters. The second kappa shape index (κ2) is 11.4. The lowest BCUT2D eigenvalue weighted by molar-refractivity contribution is 0.368.